The van der Waals surface area contributed by atoms with Gasteiger partial charge in [-0.1, -0.05) is 6.07 Å². The molecule has 3 rings (SSSR count). The first-order valence-corrected chi connectivity index (χ1v) is 9.36. The highest BCUT2D eigenvalue weighted by atomic mass is 16.2. The fourth-order valence-electron chi connectivity index (χ4n) is 3.56. The highest BCUT2D eigenvalue weighted by Gasteiger charge is 2.30. The first-order chi connectivity index (χ1) is 12.6. The lowest BCUT2D eigenvalue weighted by Crippen LogP contribution is -2.46. The Morgan fingerprint density at radius 1 is 1.15 bits per heavy atom. The predicted octanol–water partition coefficient (Wildman–Crippen LogP) is 0.949. The van der Waals surface area contributed by atoms with E-state index in [1.165, 1.54) is 0 Å². The van der Waals surface area contributed by atoms with E-state index in [1.807, 2.05) is 23.1 Å². The Morgan fingerprint density at radius 2 is 1.96 bits per heavy atom. The SMILES string of the molecule is O=C(NCc1ccccn1)[C@@H]1CCC(=O)N(CCCN2CCCC2=O)C1. The van der Waals surface area contributed by atoms with Crippen molar-refractivity contribution in [1.29, 1.82) is 0 Å². The van der Waals surface area contributed by atoms with Crippen LogP contribution >= 0.6 is 0 Å². The lowest BCUT2D eigenvalue weighted by Gasteiger charge is -2.32. The van der Waals surface area contributed by atoms with Crippen LogP contribution in [0.5, 0.6) is 0 Å². The Balaban J connectivity index is 1.43. The lowest BCUT2D eigenvalue weighted by molar-refractivity contribution is -0.138. The van der Waals surface area contributed by atoms with Gasteiger partial charge in [0.05, 0.1) is 18.2 Å². The van der Waals surface area contributed by atoms with Crippen LogP contribution in [0.2, 0.25) is 0 Å². The van der Waals surface area contributed by atoms with Crippen molar-refractivity contribution < 1.29 is 14.4 Å². The van der Waals surface area contributed by atoms with Crippen molar-refractivity contribution in [1.82, 2.24) is 20.1 Å². The molecule has 26 heavy (non-hydrogen) atoms. The summed E-state index contributed by atoms with van der Waals surface area (Å²) in [6.45, 7) is 2.99. The minimum Gasteiger partial charge on any atom is -0.350 e. The summed E-state index contributed by atoms with van der Waals surface area (Å²) in [4.78, 5) is 44.0. The Bertz CT molecular complexity index is 649. The van der Waals surface area contributed by atoms with E-state index in [1.54, 1.807) is 11.1 Å². The minimum atomic E-state index is -0.176. The van der Waals surface area contributed by atoms with Crippen molar-refractivity contribution in [3.63, 3.8) is 0 Å². The number of nitrogens with zero attached hydrogens (tertiary/aromatic N) is 3. The van der Waals surface area contributed by atoms with Crippen LogP contribution in [-0.2, 0) is 20.9 Å². The van der Waals surface area contributed by atoms with Gasteiger partial charge in [-0.05, 0) is 31.4 Å². The van der Waals surface area contributed by atoms with E-state index in [2.05, 4.69) is 10.3 Å². The maximum absolute atomic E-state index is 12.4. The van der Waals surface area contributed by atoms with Gasteiger partial charge in [-0.3, -0.25) is 19.4 Å². The molecule has 0 radical (unpaired) electrons. The van der Waals surface area contributed by atoms with Gasteiger partial charge in [0, 0.05) is 45.2 Å². The smallest absolute Gasteiger partial charge is 0.225 e. The second kappa shape index (κ2) is 8.78. The number of rotatable bonds is 7. The Morgan fingerprint density at radius 3 is 2.69 bits per heavy atom. The van der Waals surface area contributed by atoms with E-state index in [0.717, 1.165) is 25.1 Å². The predicted molar refractivity (Wildman–Crippen MR) is 95.8 cm³/mol. The third-order valence-corrected chi connectivity index (χ3v) is 5.07. The molecule has 140 valence electrons. The maximum Gasteiger partial charge on any atom is 0.225 e. The molecule has 2 fully saturated rings. The number of piperidine rings is 1. The van der Waals surface area contributed by atoms with Gasteiger partial charge in [-0.25, -0.2) is 0 Å². The molecular weight excluding hydrogens is 332 g/mol. The second-order valence-corrected chi connectivity index (χ2v) is 6.95. The lowest BCUT2D eigenvalue weighted by atomic mass is 9.96. The molecule has 2 aliphatic rings. The van der Waals surface area contributed by atoms with Gasteiger partial charge in [0.25, 0.3) is 0 Å². The molecule has 0 unspecified atom stereocenters. The summed E-state index contributed by atoms with van der Waals surface area (Å²) >= 11 is 0. The van der Waals surface area contributed by atoms with Crippen LogP contribution < -0.4 is 5.32 Å². The van der Waals surface area contributed by atoms with Gasteiger partial charge in [-0.15, -0.1) is 0 Å². The third-order valence-electron chi connectivity index (χ3n) is 5.07. The van der Waals surface area contributed by atoms with E-state index in [4.69, 9.17) is 0 Å². The van der Waals surface area contributed by atoms with E-state index >= 15 is 0 Å². The van der Waals surface area contributed by atoms with Gasteiger partial charge in [0.15, 0.2) is 0 Å². The monoisotopic (exact) mass is 358 g/mol. The van der Waals surface area contributed by atoms with E-state index in [0.29, 0.717) is 45.4 Å². The van der Waals surface area contributed by atoms with Crippen LogP contribution in [-0.4, -0.2) is 58.7 Å². The quantitative estimate of drug-likeness (QED) is 0.787. The number of likely N-dealkylation sites (tertiary alicyclic amines) is 2. The average Bonchev–Trinajstić information content (AvgIpc) is 3.07. The number of pyridine rings is 1. The molecule has 7 nitrogen and oxygen atoms in total. The number of hydrogen-bond acceptors (Lipinski definition) is 4. The molecule has 0 aliphatic carbocycles. The molecule has 3 heterocycles. The Kier molecular flexibility index (Phi) is 6.20. The van der Waals surface area contributed by atoms with Crippen molar-refractivity contribution in [2.75, 3.05) is 26.2 Å². The molecule has 2 aliphatic heterocycles. The zero-order valence-electron chi connectivity index (χ0n) is 15.0. The van der Waals surface area contributed by atoms with Crippen LogP contribution in [0.1, 0.15) is 37.8 Å². The molecule has 1 aromatic heterocycles. The highest BCUT2D eigenvalue weighted by Crippen LogP contribution is 2.19. The Hall–Kier alpha value is -2.44. The number of aromatic nitrogens is 1. The average molecular weight is 358 g/mol. The molecule has 7 heteroatoms. The number of amides is 3. The molecule has 0 aromatic carbocycles. The van der Waals surface area contributed by atoms with Gasteiger partial charge in [-0.2, -0.15) is 0 Å². The van der Waals surface area contributed by atoms with Crippen LogP contribution in [0, 0.1) is 5.92 Å². The van der Waals surface area contributed by atoms with Crippen LogP contribution in [0.4, 0.5) is 0 Å². The summed E-state index contributed by atoms with van der Waals surface area (Å²) in [6.07, 6.45) is 5.03. The van der Waals surface area contributed by atoms with Gasteiger partial charge >= 0.3 is 0 Å². The summed E-state index contributed by atoms with van der Waals surface area (Å²) < 4.78 is 0. The number of carbonyl (C=O) groups excluding carboxylic acids is 3. The van der Waals surface area contributed by atoms with E-state index in [9.17, 15) is 14.4 Å². The molecule has 2 saturated heterocycles. The maximum atomic E-state index is 12.4. The standard InChI is InChI=1S/C19H26N4O3/c24-17-6-3-10-22(17)11-4-12-23-14-15(7-8-18(23)25)19(26)21-13-16-5-1-2-9-20-16/h1-2,5,9,15H,3-4,6-8,10-14H2,(H,21,26)/t15-/m1/s1. The van der Waals surface area contributed by atoms with Crippen LogP contribution in [0.25, 0.3) is 0 Å². The first kappa shape index (κ1) is 18.4. The van der Waals surface area contributed by atoms with Crippen LogP contribution in [0.15, 0.2) is 24.4 Å². The molecule has 0 saturated carbocycles. The molecule has 0 bridgehead atoms. The van der Waals surface area contributed by atoms with Crippen molar-refractivity contribution >= 4 is 17.7 Å². The molecule has 0 spiro atoms. The van der Waals surface area contributed by atoms with Crippen molar-refractivity contribution in [2.45, 2.75) is 38.6 Å². The van der Waals surface area contributed by atoms with Gasteiger partial charge in [0.2, 0.25) is 17.7 Å². The summed E-state index contributed by atoms with van der Waals surface area (Å²) in [6, 6.07) is 5.60. The second-order valence-electron chi connectivity index (χ2n) is 6.95. The zero-order valence-corrected chi connectivity index (χ0v) is 15.0. The first-order valence-electron chi connectivity index (χ1n) is 9.36. The third kappa shape index (κ3) is 4.80. The topological polar surface area (TPSA) is 82.6 Å². The van der Waals surface area contributed by atoms with Gasteiger partial charge in [0.1, 0.15) is 0 Å². The molecule has 1 atom stereocenters. The largest absolute Gasteiger partial charge is 0.350 e. The fraction of sp³-hybridized carbons (Fsp3) is 0.579. The molecular formula is C19H26N4O3. The normalized spacial score (nSPS) is 20.5. The van der Waals surface area contributed by atoms with Crippen molar-refractivity contribution in [2.24, 2.45) is 5.92 Å². The summed E-state index contributed by atoms with van der Waals surface area (Å²) in [5.41, 5.74) is 0.819. The zero-order chi connectivity index (χ0) is 18.4. The molecule has 1 aromatic rings. The van der Waals surface area contributed by atoms with Crippen molar-refractivity contribution in [3.8, 4) is 0 Å². The summed E-state index contributed by atoms with van der Waals surface area (Å²) in [5, 5.41) is 2.92. The number of carbonyl (C=O) groups is 3. The molecule has 1 N–H and O–H groups in total. The summed E-state index contributed by atoms with van der Waals surface area (Å²) in [5.74, 6) is 0.112. The fourth-order valence-corrected chi connectivity index (χ4v) is 3.56. The van der Waals surface area contributed by atoms with Crippen molar-refractivity contribution in [3.05, 3.63) is 30.1 Å². The van der Waals surface area contributed by atoms with Gasteiger partial charge < -0.3 is 15.1 Å². The molecule has 3 amide bonds. The summed E-state index contributed by atoms with van der Waals surface area (Å²) in [7, 11) is 0. The number of nitrogens with one attached hydrogen (secondary N) is 1. The van der Waals surface area contributed by atoms with Crippen LogP contribution in [0.3, 0.4) is 0 Å². The van der Waals surface area contributed by atoms with E-state index in [-0.39, 0.29) is 23.6 Å². The van der Waals surface area contributed by atoms with E-state index < -0.39 is 0 Å². The Labute approximate surface area is 153 Å². The number of hydrogen-bond donors (Lipinski definition) is 1. The minimum absolute atomic E-state index is 0.0251. The highest BCUT2D eigenvalue weighted by molar-refractivity contribution is 5.83.